The maximum atomic E-state index is 13.9. The molecule has 4 rings (SSSR count). The fourth-order valence-corrected chi connectivity index (χ4v) is 3.11. The molecule has 0 saturated heterocycles. The van der Waals surface area contributed by atoms with E-state index < -0.39 is 17.6 Å². The van der Waals surface area contributed by atoms with Gasteiger partial charge >= 0.3 is 0 Å². The molecule has 0 radical (unpaired) electrons. The monoisotopic (exact) mass is 358 g/mol. The van der Waals surface area contributed by atoms with Gasteiger partial charge in [0.2, 0.25) is 5.95 Å². The van der Waals surface area contributed by atoms with Gasteiger partial charge in [0.1, 0.15) is 0 Å². The Kier molecular flexibility index (Phi) is 4.34. The summed E-state index contributed by atoms with van der Waals surface area (Å²) in [5, 5.41) is 0. The van der Waals surface area contributed by atoms with Crippen LogP contribution in [0.2, 0.25) is 0 Å². The van der Waals surface area contributed by atoms with Crippen LogP contribution in [0, 0.1) is 5.95 Å². The number of aromatic nitrogens is 1. The number of fused-ring (bicyclic) bond motifs is 1. The molecule has 0 fully saturated rings. The summed E-state index contributed by atoms with van der Waals surface area (Å²) < 4.78 is 13.9. The lowest BCUT2D eigenvalue weighted by Gasteiger charge is -2.14. The Labute approximate surface area is 155 Å². The number of carbonyl (C=O) groups is 2. The number of rotatable bonds is 4. The minimum absolute atomic E-state index is 0.285. The topological polar surface area (TPSA) is 50.3 Å². The number of nitrogens with zero attached hydrogens (tertiary/aromatic N) is 2. The molecule has 2 heterocycles. The summed E-state index contributed by atoms with van der Waals surface area (Å²) in [7, 11) is 0. The van der Waals surface area contributed by atoms with Crippen LogP contribution in [-0.2, 0) is 4.79 Å². The van der Waals surface area contributed by atoms with E-state index in [4.69, 9.17) is 0 Å². The summed E-state index contributed by atoms with van der Waals surface area (Å²) in [5.74, 6) is -1.77. The third kappa shape index (κ3) is 3.15. The zero-order valence-electron chi connectivity index (χ0n) is 14.3. The molecule has 5 heteroatoms. The molecule has 132 valence electrons. The first kappa shape index (κ1) is 16.8. The lowest BCUT2D eigenvalue weighted by molar-refractivity contribution is -0.114. The number of Topliss-reactive ketones (excluding diaryl/α,β-unsaturated/α-hetero) is 1. The van der Waals surface area contributed by atoms with Gasteiger partial charge in [-0.25, -0.2) is 4.98 Å². The fourth-order valence-electron chi connectivity index (χ4n) is 3.11. The highest BCUT2D eigenvalue weighted by molar-refractivity contribution is 6.52. The van der Waals surface area contributed by atoms with Crippen LogP contribution in [0.5, 0.6) is 0 Å². The highest BCUT2D eigenvalue weighted by Crippen LogP contribution is 2.33. The van der Waals surface area contributed by atoms with Crippen LogP contribution in [0.15, 0.2) is 72.9 Å². The van der Waals surface area contributed by atoms with Crippen LogP contribution in [0.1, 0.15) is 15.9 Å². The van der Waals surface area contributed by atoms with E-state index in [1.807, 2.05) is 42.5 Å². The van der Waals surface area contributed by atoms with Gasteiger partial charge in [0.05, 0.1) is 11.3 Å². The van der Waals surface area contributed by atoms with Crippen molar-refractivity contribution in [3.63, 3.8) is 0 Å². The van der Waals surface area contributed by atoms with Crippen LogP contribution in [-0.4, -0.2) is 23.2 Å². The predicted molar refractivity (Wildman–Crippen MR) is 102 cm³/mol. The molecule has 0 aliphatic carbocycles. The average Bonchev–Trinajstić information content (AvgIpc) is 2.94. The summed E-state index contributed by atoms with van der Waals surface area (Å²) in [6, 6.07) is 17.8. The van der Waals surface area contributed by atoms with Crippen LogP contribution in [0.25, 0.3) is 17.2 Å². The number of anilines is 1. The van der Waals surface area contributed by atoms with E-state index in [9.17, 15) is 14.0 Å². The second-order valence-electron chi connectivity index (χ2n) is 6.13. The third-order valence-electron chi connectivity index (χ3n) is 4.44. The smallest absolute Gasteiger partial charge is 0.299 e. The maximum Gasteiger partial charge on any atom is 0.299 e. The molecule has 1 aliphatic rings. The lowest BCUT2D eigenvalue weighted by atomic mass is 10.0. The minimum atomic E-state index is -0.614. The second kappa shape index (κ2) is 6.96. The first-order chi connectivity index (χ1) is 13.1. The van der Waals surface area contributed by atoms with Gasteiger partial charge in [-0.05, 0) is 35.4 Å². The summed E-state index contributed by atoms with van der Waals surface area (Å²) in [4.78, 5) is 29.8. The van der Waals surface area contributed by atoms with Crippen LogP contribution >= 0.6 is 0 Å². The first-order valence-electron chi connectivity index (χ1n) is 8.48. The van der Waals surface area contributed by atoms with Crippen molar-refractivity contribution >= 4 is 23.5 Å². The van der Waals surface area contributed by atoms with E-state index in [0.29, 0.717) is 16.8 Å². The number of halogens is 1. The van der Waals surface area contributed by atoms with Gasteiger partial charge in [0, 0.05) is 18.3 Å². The van der Waals surface area contributed by atoms with Crippen LogP contribution in [0.3, 0.4) is 0 Å². The van der Waals surface area contributed by atoms with Gasteiger partial charge in [-0.1, -0.05) is 48.6 Å². The molecule has 0 N–H and O–H groups in total. The molecule has 0 unspecified atom stereocenters. The van der Waals surface area contributed by atoms with E-state index >= 15 is 0 Å². The number of amides is 1. The van der Waals surface area contributed by atoms with Crippen molar-refractivity contribution in [1.82, 2.24) is 4.98 Å². The van der Waals surface area contributed by atoms with Gasteiger partial charge in [0.25, 0.3) is 11.7 Å². The Morgan fingerprint density at radius 1 is 0.963 bits per heavy atom. The normalized spacial score (nSPS) is 13.4. The van der Waals surface area contributed by atoms with Crippen molar-refractivity contribution in [2.75, 3.05) is 11.4 Å². The quantitative estimate of drug-likeness (QED) is 0.520. The fraction of sp³-hybridized carbons (Fsp3) is 0.0455. The second-order valence-corrected chi connectivity index (χ2v) is 6.13. The summed E-state index contributed by atoms with van der Waals surface area (Å²) in [6.07, 6.45) is 5.10. The van der Waals surface area contributed by atoms with Gasteiger partial charge in [-0.2, -0.15) is 4.39 Å². The van der Waals surface area contributed by atoms with Crippen molar-refractivity contribution in [1.29, 1.82) is 0 Å². The molecule has 0 spiro atoms. The van der Waals surface area contributed by atoms with Crippen LogP contribution in [0.4, 0.5) is 10.1 Å². The highest BCUT2D eigenvalue weighted by Gasteiger charge is 2.35. The Morgan fingerprint density at radius 2 is 1.78 bits per heavy atom. The van der Waals surface area contributed by atoms with E-state index in [1.54, 1.807) is 30.3 Å². The van der Waals surface area contributed by atoms with Crippen LogP contribution < -0.4 is 4.90 Å². The number of hydrogen-bond donors (Lipinski definition) is 0. The SMILES string of the molecule is O=C1C(=O)N(CC=Cc2ccccc2)c2ccc(-c3cccnc3F)cc21. The molecule has 0 saturated carbocycles. The molecule has 4 nitrogen and oxygen atoms in total. The Bertz CT molecular complexity index is 1060. The summed E-state index contributed by atoms with van der Waals surface area (Å²) in [6.45, 7) is 0.285. The molecule has 27 heavy (non-hydrogen) atoms. The number of carbonyl (C=O) groups excluding carboxylic acids is 2. The van der Waals surface area contributed by atoms with Gasteiger partial charge in [-0.3, -0.25) is 9.59 Å². The first-order valence-corrected chi connectivity index (χ1v) is 8.48. The number of benzene rings is 2. The third-order valence-corrected chi connectivity index (χ3v) is 4.44. The molecule has 1 amide bonds. The van der Waals surface area contributed by atoms with E-state index in [-0.39, 0.29) is 12.1 Å². The predicted octanol–water partition coefficient (Wildman–Crippen LogP) is 4.13. The molecule has 1 aliphatic heterocycles. The lowest BCUT2D eigenvalue weighted by Crippen LogP contribution is -2.29. The molecular formula is C22H15FN2O2. The van der Waals surface area contributed by atoms with E-state index in [1.165, 1.54) is 11.1 Å². The van der Waals surface area contributed by atoms with E-state index in [2.05, 4.69) is 4.98 Å². The zero-order valence-corrected chi connectivity index (χ0v) is 14.3. The van der Waals surface area contributed by atoms with Gasteiger partial charge in [0.15, 0.2) is 0 Å². The van der Waals surface area contributed by atoms with Crippen molar-refractivity contribution in [3.05, 3.63) is 90.0 Å². The average molecular weight is 358 g/mol. The summed E-state index contributed by atoms with van der Waals surface area (Å²) >= 11 is 0. The number of ketones is 1. The molecule has 0 atom stereocenters. The Morgan fingerprint density at radius 3 is 2.56 bits per heavy atom. The van der Waals surface area contributed by atoms with Gasteiger partial charge in [-0.15, -0.1) is 0 Å². The number of pyridine rings is 1. The van der Waals surface area contributed by atoms with Crippen molar-refractivity contribution in [3.8, 4) is 11.1 Å². The highest BCUT2D eigenvalue weighted by atomic mass is 19.1. The Balaban J connectivity index is 1.63. The van der Waals surface area contributed by atoms with Crippen molar-refractivity contribution in [2.24, 2.45) is 0 Å². The largest absolute Gasteiger partial charge is 0.301 e. The molecule has 1 aromatic heterocycles. The number of hydrogen-bond acceptors (Lipinski definition) is 3. The zero-order chi connectivity index (χ0) is 18.8. The van der Waals surface area contributed by atoms with Crippen molar-refractivity contribution in [2.45, 2.75) is 0 Å². The molecular weight excluding hydrogens is 343 g/mol. The maximum absolute atomic E-state index is 13.9. The molecule has 3 aromatic rings. The van der Waals surface area contributed by atoms with Crippen molar-refractivity contribution < 1.29 is 14.0 Å². The minimum Gasteiger partial charge on any atom is -0.301 e. The molecule has 2 aromatic carbocycles. The summed E-state index contributed by atoms with van der Waals surface area (Å²) in [5.41, 5.74) is 2.65. The van der Waals surface area contributed by atoms with E-state index in [0.717, 1.165) is 5.56 Å². The molecule has 0 bridgehead atoms. The van der Waals surface area contributed by atoms with Gasteiger partial charge < -0.3 is 4.90 Å². The standard InChI is InChI=1S/C22H15FN2O2/c23-21-17(9-4-12-24-21)16-10-11-19-18(14-16)20(26)22(27)25(19)13-5-8-15-6-2-1-3-7-15/h1-12,14H,13H2. The Hall–Kier alpha value is -3.60.